The molecule has 2 aromatic rings. The number of carbonyl (C=O) groups is 2. The highest BCUT2D eigenvalue weighted by Crippen LogP contribution is 2.33. The molecule has 0 atom stereocenters. The van der Waals surface area contributed by atoms with Gasteiger partial charge in [-0.05, 0) is 24.3 Å². The SMILES string of the molecule is O=C(O)c1cccc(C(F)(F)F)c1C(=O)Nc1ccccc1. The molecule has 0 saturated carbocycles. The first-order chi connectivity index (χ1) is 10.3. The summed E-state index contributed by atoms with van der Waals surface area (Å²) in [6.07, 6.45) is -4.84. The molecule has 0 spiro atoms. The van der Waals surface area contributed by atoms with E-state index in [0.29, 0.717) is 6.07 Å². The summed E-state index contributed by atoms with van der Waals surface area (Å²) in [4.78, 5) is 23.2. The van der Waals surface area contributed by atoms with Gasteiger partial charge in [-0.2, -0.15) is 13.2 Å². The minimum Gasteiger partial charge on any atom is -0.478 e. The molecule has 1 amide bonds. The molecule has 2 rings (SSSR count). The number of alkyl halides is 3. The van der Waals surface area contributed by atoms with Crippen LogP contribution in [-0.2, 0) is 6.18 Å². The molecule has 0 bridgehead atoms. The Morgan fingerprint density at radius 2 is 1.59 bits per heavy atom. The van der Waals surface area contributed by atoms with E-state index in [-0.39, 0.29) is 5.69 Å². The Morgan fingerprint density at radius 3 is 2.14 bits per heavy atom. The number of nitrogens with one attached hydrogen (secondary N) is 1. The molecule has 0 aliphatic rings. The molecule has 114 valence electrons. The molecule has 0 radical (unpaired) electrons. The van der Waals surface area contributed by atoms with Crippen molar-refractivity contribution >= 4 is 17.6 Å². The van der Waals surface area contributed by atoms with Crippen molar-refractivity contribution in [1.29, 1.82) is 0 Å². The monoisotopic (exact) mass is 309 g/mol. The Kier molecular flexibility index (Phi) is 4.16. The average molecular weight is 309 g/mol. The van der Waals surface area contributed by atoms with E-state index in [2.05, 4.69) is 5.32 Å². The average Bonchev–Trinajstić information content (AvgIpc) is 2.46. The smallest absolute Gasteiger partial charge is 0.417 e. The van der Waals surface area contributed by atoms with Gasteiger partial charge in [0.2, 0.25) is 0 Å². The Hall–Kier alpha value is -2.83. The maximum atomic E-state index is 13.0. The van der Waals surface area contributed by atoms with Crippen LogP contribution in [0.1, 0.15) is 26.3 Å². The zero-order valence-electron chi connectivity index (χ0n) is 11.0. The van der Waals surface area contributed by atoms with Crippen LogP contribution in [0.5, 0.6) is 0 Å². The molecule has 7 heteroatoms. The maximum absolute atomic E-state index is 13.0. The number of rotatable bonds is 3. The number of anilines is 1. The largest absolute Gasteiger partial charge is 0.478 e. The zero-order chi connectivity index (χ0) is 16.3. The van der Waals surface area contributed by atoms with Crippen LogP contribution >= 0.6 is 0 Å². The Labute approximate surface area is 123 Å². The van der Waals surface area contributed by atoms with Crippen molar-refractivity contribution in [2.24, 2.45) is 0 Å². The number of amides is 1. The Morgan fingerprint density at radius 1 is 0.955 bits per heavy atom. The summed E-state index contributed by atoms with van der Waals surface area (Å²) in [5.74, 6) is -2.74. The maximum Gasteiger partial charge on any atom is 0.417 e. The number of para-hydroxylation sites is 1. The van der Waals surface area contributed by atoms with E-state index >= 15 is 0 Å². The van der Waals surface area contributed by atoms with Crippen molar-refractivity contribution in [3.8, 4) is 0 Å². The van der Waals surface area contributed by atoms with Gasteiger partial charge in [0.05, 0.1) is 16.7 Å². The van der Waals surface area contributed by atoms with Gasteiger partial charge >= 0.3 is 12.1 Å². The molecule has 0 aromatic heterocycles. The fourth-order valence-electron chi connectivity index (χ4n) is 1.93. The van der Waals surface area contributed by atoms with Crippen molar-refractivity contribution in [2.75, 3.05) is 5.32 Å². The van der Waals surface area contributed by atoms with Crippen LogP contribution in [0, 0.1) is 0 Å². The van der Waals surface area contributed by atoms with Gasteiger partial charge in [0.1, 0.15) is 0 Å². The second-order valence-electron chi connectivity index (χ2n) is 4.35. The van der Waals surface area contributed by atoms with E-state index in [1.54, 1.807) is 18.2 Å². The van der Waals surface area contributed by atoms with E-state index in [9.17, 15) is 22.8 Å². The zero-order valence-corrected chi connectivity index (χ0v) is 11.0. The van der Waals surface area contributed by atoms with Crippen LogP contribution in [0.25, 0.3) is 0 Å². The summed E-state index contributed by atoms with van der Waals surface area (Å²) in [5, 5.41) is 11.3. The number of hydrogen-bond donors (Lipinski definition) is 2. The van der Waals surface area contributed by atoms with Gasteiger partial charge in [0.15, 0.2) is 0 Å². The van der Waals surface area contributed by atoms with Crippen LogP contribution in [-0.4, -0.2) is 17.0 Å². The lowest BCUT2D eigenvalue weighted by atomic mass is 9.99. The third-order valence-corrected chi connectivity index (χ3v) is 2.86. The molecule has 0 saturated heterocycles. The lowest BCUT2D eigenvalue weighted by molar-refractivity contribution is -0.137. The van der Waals surface area contributed by atoms with E-state index < -0.39 is 34.7 Å². The van der Waals surface area contributed by atoms with Crippen molar-refractivity contribution in [3.05, 3.63) is 65.2 Å². The molecule has 0 heterocycles. The molecule has 2 aromatic carbocycles. The quantitative estimate of drug-likeness (QED) is 0.909. The van der Waals surface area contributed by atoms with Crippen molar-refractivity contribution < 1.29 is 27.9 Å². The first kappa shape index (κ1) is 15.6. The van der Waals surface area contributed by atoms with E-state index in [4.69, 9.17) is 5.11 Å². The third kappa shape index (κ3) is 3.25. The van der Waals surface area contributed by atoms with Gasteiger partial charge in [0, 0.05) is 5.69 Å². The summed E-state index contributed by atoms with van der Waals surface area (Å²) in [6, 6.07) is 10.4. The molecule has 4 nitrogen and oxygen atoms in total. The first-order valence-electron chi connectivity index (χ1n) is 6.10. The predicted octanol–water partition coefficient (Wildman–Crippen LogP) is 3.66. The Bertz CT molecular complexity index is 712. The number of carboxylic acid groups (broad SMARTS) is 1. The normalized spacial score (nSPS) is 11.0. The van der Waals surface area contributed by atoms with Crippen molar-refractivity contribution in [2.45, 2.75) is 6.18 Å². The molecule has 22 heavy (non-hydrogen) atoms. The number of aromatic carboxylic acids is 1. The van der Waals surface area contributed by atoms with Crippen molar-refractivity contribution in [3.63, 3.8) is 0 Å². The van der Waals surface area contributed by atoms with Gasteiger partial charge in [-0.15, -0.1) is 0 Å². The molecule has 0 aliphatic carbocycles. The minimum absolute atomic E-state index is 0.265. The molecule has 0 aliphatic heterocycles. The van der Waals surface area contributed by atoms with Gasteiger partial charge in [0.25, 0.3) is 5.91 Å². The summed E-state index contributed by atoms with van der Waals surface area (Å²) < 4.78 is 39.1. The lowest BCUT2D eigenvalue weighted by Crippen LogP contribution is -2.22. The highest BCUT2D eigenvalue weighted by Gasteiger charge is 2.37. The van der Waals surface area contributed by atoms with Crippen LogP contribution in [0.3, 0.4) is 0 Å². The van der Waals surface area contributed by atoms with Crippen LogP contribution in [0.4, 0.5) is 18.9 Å². The second kappa shape index (κ2) is 5.88. The lowest BCUT2D eigenvalue weighted by Gasteiger charge is -2.15. The van der Waals surface area contributed by atoms with Gasteiger partial charge < -0.3 is 10.4 Å². The van der Waals surface area contributed by atoms with Gasteiger partial charge in [-0.1, -0.05) is 24.3 Å². The first-order valence-corrected chi connectivity index (χ1v) is 6.10. The molecule has 2 N–H and O–H groups in total. The molecule has 0 fully saturated rings. The summed E-state index contributed by atoms with van der Waals surface area (Å²) in [6.45, 7) is 0. The Balaban J connectivity index is 2.52. The standard InChI is InChI=1S/C15H10F3NO3/c16-15(17,18)11-8-4-7-10(14(21)22)12(11)13(20)19-9-5-2-1-3-6-9/h1-8H,(H,19,20)(H,21,22). The highest BCUT2D eigenvalue weighted by molar-refractivity contribution is 6.11. The highest BCUT2D eigenvalue weighted by atomic mass is 19.4. The predicted molar refractivity (Wildman–Crippen MR) is 72.8 cm³/mol. The van der Waals surface area contributed by atoms with E-state index in [0.717, 1.165) is 12.1 Å². The topological polar surface area (TPSA) is 66.4 Å². The van der Waals surface area contributed by atoms with Crippen LogP contribution < -0.4 is 5.32 Å². The van der Waals surface area contributed by atoms with E-state index in [1.165, 1.54) is 12.1 Å². The van der Waals surface area contributed by atoms with Crippen LogP contribution in [0.15, 0.2) is 48.5 Å². The number of hydrogen-bond acceptors (Lipinski definition) is 2. The van der Waals surface area contributed by atoms with Gasteiger partial charge in [-0.25, -0.2) is 4.79 Å². The van der Waals surface area contributed by atoms with Gasteiger partial charge in [-0.3, -0.25) is 4.79 Å². The second-order valence-corrected chi connectivity index (χ2v) is 4.35. The summed E-state index contributed by atoms with van der Waals surface area (Å²) in [5.41, 5.74) is -2.64. The van der Waals surface area contributed by atoms with Crippen molar-refractivity contribution in [1.82, 2.24) is 0 Å². The molecule has 0 unspecified atom stereocenters. The molecular weight excluding hydrogens is 299 g/mol. The minimum atomic E-state index is -4.84. The van der Waals surface area contributed by atoms with E-state index in [1.807, 2.05) is 0 Å². The number of benzene rings is 2. The molecular formula is C15H10F3NO3. The summed E-state index contributed by atoms with van der Waals surface area (Å²) >= 11 is 0. The number of halogens is 3. The number of carboxylic acids is 1. The fourth-order valence-corrected chi connectivity index (χ4v) is 1.93. The number of carbonyl (C=O) groups excluding carboxylic acids is 1. The van der Waals surface area contributed by atoms with Crippen LogP contribution in [0.2, 0.25) is 0 Å². The fraction of sp³-hybridized carbons (Fsp3) is 0.0667. The third-order valence-electron chi connectivity index (χ3n) is 2.86. The summed E-state index contributed by atoms with van der Waals surface area (Å²) in [7, 11) is 0.